The summed E-state index contributed by atoms with van der Waals surface area (Å²) in [6.45, 7) is 5.90. The SMILES string of the molecule is COc1ccc(OC)c(C2C(=C([O-])c3ccc(C)cc3)C(=O)C(=O)N2CC[NH+]2CCOCC2)c1. The monoisotopic (exact) mass is 466 g/mol. The van der Waals surface area contributed by atoms with Crippen LogP contribution in [0.2, 0.25) is 0 Å². The fourth-order valence-electron chi connectivity index (χ4n) is 4.53. The first-order valence-corrected chi connectivity index (χ1v) is 11.4. The first-order chi connectivity index (χ1) is 16.4. The van der Waals surface area contributed by atoms with Crippen molar-refractivity contribution < 1.29 is 33.8 Å². The lowest BCUT2D eigenvalue weighted by Gasteiger charge is -2.30. The number of hydrogen-bond donors (Lipinski definition) is 1. The number of quaternary nitrogens is 1. The second-order valence-electron chi connectivity index (χ2n) is 8.56. The molecule has 1 unspecified atom stereocenters. The number of rotatable bonds is 7. The summed E-state index contributed by atoms with van der Waals surface area (Å²) in [7, 11) is 3.06. The number of nitrogens with one attached hydrogen (secondary N) is 1. The van der Waals surface area contributed by atoms with Gasteiger partial charge < -0.3 is 29.1 Å². The van der Waals surface area contributed by atoms with E-state index < -0.39 is 23.5 Å². The van der Waals surface area contributed by atoms with Crippen molar-refractivity contribution >= 4 is 17.4 Å². The minimum Gasteiger partial charge on any atom is -0.872 e. The largest absolute Gasteiger partial charge is 0.872 e. The third-order valence-electron chi connectivity index (χ3n) is 6.48. The number of likely N-dealkylation sites (tertiary alicyclic amines) is 1. The molecule has 8 nitrogen and oxygen atoms in total. The van der Waals surface area contributed by atoms with E-state index in [1.807, 2.05) is 19.1 Å². The number of Topliss-reactive ketones (excluding diaryl/α,β-unsaturated/α-hetero) is 1. The number of methoxy groups -OCH3 is 2. The molecule has 1 N–H and O–H groups in total. The van der Waals surface area contributed by atoms with Gasteiger partial charge in [0.1, 0.15) is 24.6 Å². The fraction of sp³-hybridized carbons (Fsp3) is 0.385. The van der Waals surface area contributed by atoms with Crippen LogP contribution in [-0.2, 0) is 14.3 Å². The molecule has 2 aromatic rings. The molecule has 4 rings (SSSR count). The zero-order chi connectivity index (χ0) is 24.2. The molecule has 1 atom stereocenters. The van der Waals surface area contributed by atoms with Gasteiger partial charge in [0.2, 0.25) is 5.78 Å². The number of benzene rings is 2. The lowest BCUT2D eigenvalue weighted by molar-refractivity contribution is -0.907. The summed E-state index contributed by atoms with van der Waals surface area (Å²) < 4.78 is 16.4. The molecule has 2 aliphatic rings. The van der Waals surface area contributed by atoms with Gasteiger partial charge in [-0.1, -0.05) is 35.6 Å². The summed E-state index contributed by atoms with van der Waals surface area (Å²) in [4.78, 5) is 29.2. The maximum atomic E-state index is 13.6. The van der Waals surface area contributed by atoms with Gasteiger partial charge in [-0.3, -0.25) is 9.59 Å². The topological polar surface area (TPSA) is 92.6 Å². The molecule has 1 amide bonds. The van der Waals surface area contributed by atoms with E-state index in [-0.39, 0.29) is 5.57 Å². The number of aryl methyl sites for hydroxylation is 1. The Morgan fingerprint density at radius 3 is 2.44 bits per heavy atom. The Morgan fingerprint density at radius 1 is 1.09 bits per heavy atom. The molecule has 2 fully saturated rings. The highest BCUT2D eigenvalue weighted by molar-refractivity contribution is 6.46. The standard InChI is InChI=1S/C26H30N2O6/c1-17-4-6-18(7-5-17)24(29)22-23(20-16-19(32-2)8-9-21(20)33-3)28(26(31)25(22)30)11-10-27-12-14-34-15-13-27/h4-9,16,23,29H,10-15H2,1-3H3. The first kappa shape index (κ1) is 23.8. The Balaban J connectivity index is 1.81. The average molecular weight is 467 g/mol. The van der Waals surface area contributed by atoms with Crippen molar-refractivity contribution in [2.24, 2.45) is 0 Å². The second kappa shape index (κ2) is 10.3. The molecule has 2 aromatic carbocycles. The van der Waals surface area contributed by atoms with E-state index >= 15 is 0 Å². The van der Waals surface area contributed by atoms with Crippen LogP contribution in [-0.4, -0.2) is 70.2 Å². The molecule has 34 heavy (non-hydrogen) atoms. The number of ether oxygens (including phenoxy) is 3. The van der Waals surface area contributed by atoms with Gasteiger partial charge in [-0.15, -0.1) is 0 Å². The molecule has 0 saturated carbocycles. The summed E-state index contributed by atoms with van der Waals surface area (Å²) >= 11 is 0. The van der Waals surface area contributed by atoms with Crippen LogP contribution >= 0.6 is 0 Å². The fourth-order valence-corrected chi connectivity index (χ4v) is 4.53. The maximum Gasteiger partial charge on any atom is 0.295 e. The molecule has 0 bridgehead atoms. The Hall–Kier alpha value is -3.36. The van der Waals surface area contributed by atoms with Gasteiger partial charge in [-0.05, 0) is 30.7 Å². The van der Waals surface area contributed by atoms with Gasteiger partial charge in [0.15, 0.2) is 0 Å². The van der Waals surface area contributed by atoms with Crippen LogP contribution in [0.4, 0.5) is 0 Å². The van der Waals surface area contributed by atoms with Gasteiger partial charge in [0, 0.05) is 11.1 Å². The lowest BCUT2D eigenvalue weighted by atomic mass is 9.94. The number of ketones is 1. The number of carbonyl (C=O) groups is 2. The predicted molar refractivity (Wildman–Crippen MR) is 123 cm³/mol. The van der Waals surface area contributed by atoms with Gasteiger partial charge in [0.25, 0.3) is 5.91 Å². The Kier molecular flexibility index (Phi) is 7.19. The quantitative estimate of drug-likeness (QED) is 0.355. The van der Waals surface area contributed by atoms with E-state index in [0.29, 0.717) is 48.9 Å². The number of hydrogen-bond acceptors (Lipinski definition) is 6. The molecule has 0 aliphatic carbocycles. The van der Waals surface area contributed by atoms with Crippen LogP contribution in [0, 0.1) is 6.92 Å². The van der Waals surface area contributed by atoms with Crippen LogP contribution < -0.4 is 19.5 Å². The number of carbonyl (C=O) groups excluding carboxylic acids is 2. The van der Waals surface area contributed by atoms with Crippen LogP contribution in [0.15, 0.2) is 48.0 Å². The highest BCUT2D eigenvalue weighted by Gasteiger charge is 2.45. The molecule has 180 valence electrons. The zero-order valence-electron chi connectivity index (χ0n) is 19.8. The summed E-state index contributed by atoms with van der Waals surface area (Å²) in [5.41, 5.74) is 1.86. The van der Waals surface area contributed by atoms with E-state index in [0.717, 1.165) is 18.7 Å². The van der Waals surface area contributed by atoms with Gasteiger partial charge in [-0.25, -0.2) is 0 Å². The molecule has 2 heterocycles. The molecule has 8 heteroatoms. The summed E-state index contributed by atoms with van der Waals surface area (Å²) in [5, 5.41) is 13.6. The Morgan fingerprint density at radius 2 is 1.79 bits per heavy atom. The van der Waals surface area contributed by atoms with Crippen molar-refractivity contribution in [2.45, 2.75) is 13.0 Å². The minimum absolute atomic E-state index is 0.0580. The Bertz CT molecular complexity index is 1090. The molecule has 0 spiro atoms. The van der Waals surface area contributed by atoms with Crippen molar-refractivity contribution in [1.82, 2.24) is 4.90 Å². The smallest absolute Gasteiger partial charge is 0.295 e. The summed E-state index contributed by atoms with van der Waals surface area (Å²) in [5.74, 6) is -0.862. The van der Waals surface area contributed by atoms with Crippen LogP contribution in [0.3, 0.4) is 0 Å². The van der Waals surface area contributed by atoms with Gasteiger partial charge in [0.05, 0.1) is 46.6 Å². The molecule has 2 saturated heterocycles. The normalized spacial score (nSPS) is 20.6. The molecule has 0 radical (unpaired) electrons. The van der Waals surface area contributed by atoms with E-state index in [1.54, 1.807) is 30.3 Å². The zero-order valence-corrected chi connectivity index (χ0v) is 19.8. The summed E-state index contributed by atoms with van der Waals surface area (Å²) in [6, 6.07) is 11.3. The van der Waals surface area contributed by atoms with Crippen LogP contribution in [0.5, 0.6) is 11.5 Å². The Labute approximate surface area is 199 Å². The van der Waals surface area contributed by atoms with Gasteiger partial charge >= 0.3 is 0 Å². The molecule has 0 aromatic heterocycles. The van der Waals surface area contributed by atoms with Crippen molar-refractivity contribution in [2.75, 3.05) is 53.6 Å². The van der Waals surface area contributed by atoms with Gasteiger partial charge in [-0.2, -0.15) is 0 Å². The number of morpholine rings is 1. The van der Waals surface area contributed by atoms with Crippen molar-refractivity contribution in [3.8, 4) is 11.5 Å². The van der Waals surface area contributed by atoms with E-state index in [9.17, 15) is 14.7 Å². The predicted octanol–water partition coefficient (Wildman–Crippen LogP) is 0.151. The third-order valence-corrected chi connectivity index (χ3v) is 6.48. The third kappa shape index (κ3) is 4.64. The van der Waals surface area contributed by atoms with Crippen molar-refractivity contribution in [3.63, 3.8) is 0 Å². The second-order valence-corrected chi connectivity index (χ2v) is 8.56. The van der Waals surface area contributed by atoms with Crippen LogP contribution in [0.25, 0.3) is 5.76 Å². The van der Waals surface area contributed by atoms with E-state index in [2.05, 4.69) is 0 Å². The molecular formula is C26H30N2O6. The highest BCUT2D eigenvalue weighted by atomic mass is 16.5. The van der Waals surface area contributed by atoms with Crippen LogP contribution in [0.1, 0.15) is 22.7 Å². The minimum atomic E-state index is -0.862. The number of amides is 1. The van der Waals surface area contributed by atoms with Crippen molar-refractivity contribution in [3.05, 3.63) is 64.7 Å². The molecule has 2 aliphatic heterocycles. The maximum absolute atomic E-state index is 13.6. The average Bonchev–Trinajstić information content (AvgIpc) is 3.12. The van der Waals surface area contributed by atoms with Crippen molar-refractivity contribution in [1.29, 1.82) is 0 Å². The lowest BCUT2D eigenvalue weighted by Crippen LogP contribution is -3.14. The number of nitrogens with zero attached hydrogens (tertiary/aromatic N) is 1. The molecular weight excluding hydrogens is 436 g/mol. The first-order valence-electron chi connectivity index (χ1n) is 11.4. The highest BCUT2D eigenvalue weighted by Crippen LogP contribution is 2.43. The summed E-state index contributed by atoms with van der Waals surface area (Å²) in [6.07, 6.45) is 0. The van der Waals surface area contributed by atoms with E-state index in [1.165, 1.54) is 24.0 Å². The van der Waals surface area contributed by atoms with E-state index in [4.69, 9.17) is 14.2 Å².